The summed E-state index contributed by atoms with van der Waals surface area (Å²) >= 11 is 0. The van der Waals surface area contributed by atoms with Gasteiger partial charge < -0.3 is 4.98 Å². The van der Waals surface area contributed by atoms with Crippen LogP contribution >= 0.6 is 0 Å². The molecule has 26 heavy (non-hydrogen) atoms. The molecule has 0 aliphatic rings. The zero-order valence-electron chi connectivity index (χ0n) is 15.1. The Morgan fingerprint density at radius 2 is 1.77 bits per heavy atom. The second-order valence-corrected chi connectivity index (χ2v) is 8.54. The fraction of sp³-hybridized carbons (Fsp3) is 0.250. The summed E-state index contributed by atoms with van der Waals surface area (Å²) in [6.07, 6.45) is 0. The van der Waals surface area contributed by atoms with Crippen molar-refractivity contribution in [2.45, 2.75) is 33.1 Å². The van der Waals surface area contributed by atoms with Gasteiger partial charge >= 0.3 is 0 Å². The summed E-state index contributed by atoms with van der Waals surface area (Å²) in [5, 5.41) is 0.920. The first-order valence-corrected chi connectivity index (χ1v) is 10.0. The predicted octanol–water partition coefficient (Wildman–Crippen LogP) is 3.07. The van der Waals surface area contributed by atoms with Gasteiger partial charge in [-0.2, -0.15) is 0 Å². The van der Waals surface area contributed by atoms with Gasteiger partial charge in [-0.25, -0.2) is 13.1 Å². The third-order valence-electron chi connectivity index (χ3n) is 4.31. The van der Waals surface area contributed by atoms with Crippen molar-refractivity contribution in [3.8, 4) is 0 Å². The first-order chi connectivity index (χ1) is 12.2. The van der Waals surface area contributed by atoms with E-state index in [1.54, 1.807) is 12.1 Å². The normalized spacial score (nSPS) is 11.8. The van der Waals surface area contributed by atoms with Crippen LogP contribution in [0.1, 0.15) is 27.8 Å². The van der Waals surface area contributed by atoms with Gasteiger partial charge in [-0.1, -0.05) is 35.9 Å². The van der Waals surface area contributed by atoms with E-state index in [-0.39, 0.29) is 17.9 Å². The fourth-order valence-corrected chi connectivity index (χ4v) is 4.20. The Bertz CT molecular complexity index is 1130. The number of aromatic nitrogens is 1. The molecule has 2 aromatic carbocycles. The van der Waals surface area contributed by atoms with Crippen LogP contribution in [0.5, 0.6) is 0 Å². The summed E-state index contributed by atoms with van der Waals surface area (Å²) in [5.74, 6) is -0.113. The van der Waals surface area contributed by atoms with Crippen molar-refractivity contribution in [2.75, 3.05) is 0 Å². The van der Waals surface area contributed by atoms with Gasteiger partial charge in [-0.3, -0.25) is 4.79 Å². The molecule has 0 fully saturated rings. The maximum Gasteiger partial charge on any atom is 0.252 e. The molecule has 0 bridgehead atoms. The molecule has 0 spiro atoms. The highest BCUT2D eigenvalue weighted by Crippen LogP contribution is 2.18. The molecule has 0 aliphatic carbocycles. The van der Waals surface area contributed by atoms with Crippen LogP contribution in [-0.4, -0.2) is 13.4 Å². The van der Waals surface area contributed by atoms with Gasteiger partial charge in [0.15, 0.2) is 0 Å². The Morgan fingerprint density at radius 1 is 1.00 bits per heavy atom. The molecular weight excluding hydrogens is 348 g/mol. The molecule has 3 rings (SSSR count). The fourth-order valence-electron chi connectivity index (χ4n) is 3.11. The number of H-pyrrole nitrogens is 1. The van der Waals surface area contributed by atoms with Gasteiger partial charge in [0, 0.05) is 23.0 Å². The number of rotatable bonds is 5. The van der Waals surface area contributed by atoms with Crippen LogP contribution in [0.2, 0.25) is 0 Å². The average molecular weight is 370 g/mol. The molecule has 3 aromatic rings. The van der Waals surface area contributed by atoms with Gasteiger partial charge in [0.05, 0.1) is 5.75 Å². The Kier molecular flexibility index (Phi) is 4.98. The van der Waals surface area contributed by atoms with Crippen LogP contribution in [0.4, 0.5) is 0 Å². The number of aryl methyl sites for hydroxylation is 3. The highest BCUT2D eigenvalue weighted by Gasteiger charge is 2.13. The first-order valence-electron chi connectivity index (χ1n) is 8.39. The van der Waals surface area contributed by atoms with Gasteiger partial charge in [0.2, 0.25) is 10.0 Å². The summed E-state index contributed by atoms with van der Waals surface area (Å²) in [6, 6.07) is 13.1. The van der Waals surface area contributed by atoms with Crippen LogP contribution in [0, 0.1) is 20.8 Å². The van der Waals surface area contributed by atoms with Gasteiger partial charge in [-0.15, -0.1) is 0 Å². The minimum absolute atomic E-state index is 0.0350. The molecule has 0 aliphatic heterocycles. The lowest BCUT2D eigenvalue weighted by atomic mass is 10.0. The van der Waals surface area contributed by atoms with Crippen molar-refractivity contribution in [1.82, 2.24) is 9.71 Å². The average Bonchev–Trinajstić information content (AvgIpc) is 2.52. The maximum atomic E-state index is 12.3. The molecular formula is C20H22N2O3S. The summed E-state index contributed by atoms with van der Waals surface area (Å²) in [6.45, 7) is 5.83. The van der Waals surface area contributed by atoms with E-state index in [9.17, 15) is 13.2 Å². The van der Waals surface area contributed by atoms with Gasteiger partial charge in [-0.05, 0) is 49.6 Å². The molecule has 136 valence electrons. The van der Waals surface area contributed by atoms with E-state index in [0.717, 1.165) is 33.2 Å². The van der Waals surface area contributed by atoms with Gasteiger partial charge in [0.1, 0.15) is 0 Å². The van der Waals surface area contributed by atoms with E-state index in [1.165, 1.54) is 0 Å². The first kappa shape index (κ1) is 18.4. The molecule has 0 amide bonds. The smallest absolute Gasteiger partial charge is 0.252 e. The molecule has 6 heteroatoms. The maximum absolute atomic E-state index is 12.3. The monoisotopic (exact) mass is 370 g/mol. The lowest BCUT2D eigenvalue weighted by molar-refractivity contribution is 0.580. The number of pyridine rings is 1. The number of sulfonamides is 1. The predicted molar refractivity (Wildman–Crippen MR) is 105 cm³/mol. The molecule has 5 nitrogen and oxygen atoms in total. The second-order valence-electron chi connectivity index (χ2n) is 6.74. The molecule has 1 aromatic heterocycles. The van der Waals surface area contributed by atoms with Crippen molar-refractivity contribution < 1.29 is 8.42 Å². The third kappa shape index (κ3) is 4.20. The van der Waals surface area contributed by atoms with E-state index >= 15 is 0 Å². The van der Waals surface area contributed by atoms with E-state index in [0.29, 0.717) is 5.56 Å². The summed E-state index contributed by atoms with van der Waals surface area (Å²) in [7, 11) is -3.54. The van der Waals surface area contributed by atoms with Crippen molar-refractivity contribution in [2.24, 2.45) is 0 Å². The quantitative estimate of drug-likeness (QED) is 0.724. The highest BCUT2D eigenvalue weighted by molar-refractivity contribution is 7.88. The molecule has 0 saturated carbocycles. The van der Waals surface area contributed by atoms with Crippen LogP contribution in [-0.2, 0) is 22.3 Å². The second kappa shape index (κ2) is 7.05. The molecule has 0 atom stereocenters. The number of hydrogen-bond acceptors (Lipinski definition) is 3. The minimum atomic E-state index is -3.54. The number of nitrogens with one attached hydrogen (secondary N) is 2. The molecule has 1 heterocycles. The van der Waals surface area contributed by atoms with E-state index in [2.05, 4.69) is 9.71 Å². The topological polar surface area (TPSA) is 79.0 Å². The van der Waals surface area contributed by atoms with Crippen LogP contribution in [0.25, 0.3) is 10.9 Å². The van der Waals surface area contributed by atoms with E-state index in [4.69, 9.17) is 0 Å². The Labute approximate surface area is 153 Å². The van der Waals surface area contributed by atoms with E-state index in [1.807, 2.05) is 51.1 Å². The minimum Gasteiger partial charge on any atom is -0.322 e. The summed E-state index contributed by atoms with van der Waals surface area (Å²) in [4.78, 5) is 15.1. The standard InChI is InChI=1S/C20H22N2O3S/c1-13-5-4-6-16(8-13)12-26(24,25)21-11-17-10-18-15(3)7-14(2)9-19(18)22-20(17)23/h4-10,21H,11-12H2,1-3H3,(H,22,23). The molecule has 0 radical (unpaired) electrons. The Hall–Kier alpha value is -2.44. The molecule has 2 N–H and O–H groups in total. The number of aromatic amines is 1. The molecule has 0 unspecified atom stereocenters. The van der Waals surface area contributed by atoms with Crippen molar-refractivity contribution >= 4 is 20.9 Å². The third-order valence-corrected chi connectivity index (χ3v) is 5.61. The van der Waals surface area contributed by atoms with Crippen molar-refractivity contribution in [3.05, 3.63) is 80.6 Å². The van der Waals surface area contributed by atoms with E-state index < -0.39 is 10.0 Å². The van der Waals surface area contributed by atoms with Crippen molar-refractivity contribution in [3.63, 3.8) is 0 Å². The van der Waals surface area contributed by atoms with Crippen LogP contribution < -0.4 is 10.3 Å². The number of fused-ring (bicyclic) bond motifs is 1. The van der Waals surface area contributed by atoms with Gasteiger partial charge in [0.25, 0.3) is 5.56 Å². The lowest BCUT2D eigenvalue weighted by Gasteiger charge is -2.09. The Morgan fingerprint density at radius 3 is 2.50 bits per heavy atom. The summed E-state index contributed by atoms with van der Waals surface area (Å²) in [5.41, 5.74) is 4.72. The largest absolute Gasteiger partial charge is 0.322 e. The number of hydrogen-bond donors (Lipinski definition) is 2. The zero-order chi connectivity index (χ0) is 18.9. The SMILES string of the molecule is Cc1cccc(CS(=O)(=O)NCc2cc3c(C)cc(C)cc3[nH]c2=O)c1. The lowest BCUT2D eigenvalue weighted by Crippen LogP contribution is -2.28. The van der Waals surface area contributed by atoms with Crippen molar-refractivity contribution in [1.29, 1.82) is 0 Å². The Balaban J connectivity index is 1.82. The number of benzene rings is 2. The highest BCUT2D eigenvalue weighted by atomic mass is 32.2. The van der Waals surface area contributed by atoms with Crippen LogP contribution in [0.3, 0.4) is 0 Å². The summed E-state index contributed by atoms with van der Waals surface area (Å²) < 4.78 is 27.2. The van der Waals surface area contributed by atoms with Crippen LogP contribution in [0.15, 0.2) is 47.3 Å². The molecule has 0 saturated heterocycles. The zero-order valence-corrected chi connectivity index (χ0v) is 15.9.